The smallest absolute Gasteiger partial charge is 0.264 e. The van der Waals surface area contributed by atoms with Crippen LogP contribution in [0.25, 0.3) is 5.13 Å². The van der Waals surface area contributed by atoms with Gasteiger partial charge in [0.1, 0.15) is 17.2 Å². The minimum atomic E-state index is -0.560. The molecule has 28 heavy (non-hydrogen) atoms. The maximum absolute atomic E-state index is 12.3. The number of nitrogens with two attached hydrogens (primary N) is 1. The summed E-state index contributed by atoms with van der Waals surface area (Å²) < 4.78 is 7.31. The molecule has 0 saturated heterocycles. The van der Waals surface area contributed by atoms with Crippen molar-refractivity contribution >= 4 is 23.2 Å². The van der Waals surface area contributed by atoms with Gasteiger partial charge in [-0.2, -0.15) is 0 Å². The van der Waals surface area contributed by atoms with E-state index in [2.05, 4.69) is 22.1 Å². The lowest BCUT2D eigenvalue weighted by Gasteiger charge is -2.05. The molecule has 3 rings (SSSR count). The van der Waals surface area contributed by atoms with Crippen LogP contribution in [-0.2, 0) is 0 Å². The van der Waals surface area contributed by atoms with Crippen LogP contribution >= 0.6 is 11.3 Å². The van der Waals surface area contributed by atoms with Gasteiger partial charge in [-0.05, 0) is 31.2 Å². The lowest BCUT2D eigenvalue weighted by atomic mass is 10.2. The van der Waals surface area contributed by atoms with Crippen molar-refractivity contribution in [2.75, 3.05) is 13.2 Å². The Bertz CT molecular complexity index is 1050. The van der Waals surface area contributed by atoms with Crippen LogP contribution in [-0.4, -0.2) is 34.5 Å². The van der Waals surface area contributed by atoms with Crippen molar-refractivity contribution in [2.24, 2.45) is 5.73 Å². The summed E-state index contributed by atoms with van der Waals surface area (Å²) in [7, 11) is 0. The fourth-order valence-corrected chi connectivity index (χ4v) is 3.34. The largest absolute Gasteiger partial charge is 0.480 e. The van der Waals surface area contributed by atoms with E-state index in [1.54, 1.807) is 31.2 Å². The molecule has 142 valence electrons. The van der Waals surface area contributed by atoms with Crippen molar-refractivity contribution in [1.82, 2.24) is 14.9 Å². The molecular weight excluding hydrogens is 376 g/mol. The number of carbonyl (C=O) groups excluding carboxylic acids is 2. The minimum Gasteiger partial charge on any atom is -0.480 e. The summed E-state index contributed by atoms with van der Waals surface area (Å²) in [5.41, 5.74) is 6.27. The highest BCUT2D eigenvalue weighted by Gasteiger charge is 2.15. The molecule has 0 saturated carbocycles. The molecule has 2 heterocycles. The molecule has 1 aromatic carbocycles. The molecular formula is C20H18N4O3S. The quantitative estimate of drug-likeness (QED) is 0.626. The first-order valence-electron chi connectivity index (χ1n) is 8.42. The number of amides is 2. The summed E-state index contributed by atoms with van der Waals surface area (Å²) >= 11 is 1.32. The number of benzene rings is 1. The average Bonchev–Trinajstić information content (AvgIpc) is 3.34. The van der Waals surface area contributed by atoms with Gasteiger partial charge in [0.25, 0.3) is 11.8 Å². The van der Waals surface area contributed by atoms with Gasteiger partial charge in [0.05, 0.1) is 17.8 Å². The minimum absolute atomic E-state index is 0.0809. The van der Waals surface area contributed by atoms with E-state index in [-0.39, 0.29) is 19.1 Å². The summed E-state index contributed by atoms with van der Waals surface area (Å²) in [6.07, 6.45) is 3.75. The van der Waals surface area contributed by atoms with E-state index in [1.165, 1.54) is 11.3 Å². The van der Waals surface area contributed by atoms with Crippen molar-refractivity contribution in [3.05, 3.63) is 64.9 Å². The van der Waals surface area contributed by atoms with Crippen molar-refractivity contribution in [2.45, 2.75) is 6.92 Å². The number of thiazole rings is 1. The number of carbonyl (C=O) groups is 2. The number of aryl methyl sites for hydroxylation is 1. The molecule has 0 bridgehead atoms. The lowest BCUT2D eigenvalue weighted by Crippen LogP contribution is -2.23. The number of nitrogens with zero attached hydrogens (tertiary/aromatic N) is 2. The fourth-order valence-electron chi connectivity index (χ4n) is 2.39. The highest BCUT2D eigenvalue weighted by Crippen LogP contribution is 2.21. The molecule has 0 aliphatic rings. The Labute approximate surface area is 166 Å². The summed E-state index contributed by atoms with van der Waals surface area (Å²) in [4.78, 5) is 28.6. The standard InChI is InChI=1S/C20H18N4O3S/c1-14-17(28-20(23-14)24-11-5-6-12-24)19(26)22-10-4-7-13-27-16-9-3-2-8-15(16)18(21)25/h2-3,5-6,8-9,11-12H,10,13H2,1H3,(H2,21,25)(H,22,26). The van der Waals surface area contributed by atoms with Crippen LogP contribution in [0, 0.1) is 18.8 Å². The summed E-state index contributed by atoms with van der Waals surface area (Å²) in [5, 5.41) is 3.48. The molecule has 3 aromatic rings. The molecule has 0 aliphatic carbocycles. The zero-order valence-electron chi connectivity index (χ0n) is 15.1. The Morgan fingerprint density at radius 1 is 1.21 bits per heavy atom. The number of ether oxygens (including phenoxy) is 1. The van der Waals surface area contributed by atoms with Gasteiger partial charge < -0.3 is 20.4 Å². The van der Waals surface area contributed by atoms with Gasteiger partial charge in [0.15, 0.2) is 5.13 Å². The third kappa shape index (κ3) is 4.58. The number of para-hydroxylation sites is 1. The first-order chi connectivity index (χ1) is 13.6. The first-order valence-corrected chi connectivity index (χ1v) is 9.24. The van der Waals surface area contributed by atoms with Crippen LogP contribution in [0.4, 0.5) is 0 Å². The van der Waals surface area contributed by atoms with Gasteiger partial charge in [-0.25, -0.2) is 4.98 Å². The first kappa shape index (κ1) is 19.2. The second-order valence-corrected chi connectivity index (χ2v) is 6.66. The molecule has 0 fully saturated rings. The number of hydrogen-bond donors (Lipinski definition) is 2. The Morgan fingerprint density at radius 3 is 2.71 bits per heavy atom. The van der Waals surface area contributed by atoms with Crippen molar-refractivity contribution in [3.8, 4) is 22.7 Å². The van der Waals surface area contributed by atoms with E-state index < -0.39 is 5.91 Å². The van der Waals surface area contributed by atoms with Crippen LogP contribution < -0.4 is 15.8 Å². The number of primary amides is 1. The number of nitrogens with one attached hydrogen (secondary N) is 1. The van der Waals surface area contributed by atoms with E-state index in [1.807, 2.05) is 29.1 Å². The predicted octanol–water partition coefficient (Wildman–Crippen LogP) is 2.15. The second-order valence-electron chi connectivity index (χ2n) is 5.69. The molecule has 0 atom stereocenters. The Morgan fingerprint density at radius 2 is 1.96 bits per heavy atom. The van der Waals surface area contributed by atoms with Crippen LogP contribution in [0.2, 0.25) is 0 Å². The van der Waals surface area contributed by atoms with Crippen LogP contribution in [0.1, 0.15) is 25.7 Å². The molecule has 7 nitrogen and oxygen atoms in total. The molecule has 8 heteroatoms. The maximum atomic E-state index is 12.3. The van der Waals surface area contributed by atoms with Gasteiger partial charge in [-0.1, -0.05) is 35.3 Å². The Kier molecular flexibility index (Phi) is 6.09. The van der Waals surface area contributed by atoms with Crippen LogP contribution in [0.15, 0.2) is 48.8 Å². The molecule has 3 N–H and O–H groups in total. The number of hydrogen-bond acceptors (Lipinski definition) is 5. The zero-order valence-corrected chi connectivity index (χ0v) is 16.0. The van der Waals surface area contributed by atoms with Crippen LogP contribution in [0.3, 0.4) is 0 Å². The fraction of sp³-hybridized carbons (Fsp3) is 0.150. The van der Waals surface area contributed by atoms with E-state index >= 15 is 0 Å². The average molecular weight is 394 g/mol. The van der Waals surface area contributed by atoms with Crippen LogP contribution in [0.5, 0.6) is 5.75 Å². The maximum Gasteiger partial charge on any atom is 0.264 e. The third-order valence-corrected chi connectivity index (χ3v) is 4.90. The van der Waals surface area contributed by atoms with Crippen molar-refractivity contribution < 1.29 is 14.3 Å². The van der Waals surface area contributed by atoms with E-state index in [0.29, 0.717) is 21.9 Å². The molecule has 0 spiro atoms. The summed E-state index contributed by atoms with van der Waals surface area (Å²) in [5.74, 6) is 5.21. The van der Waals surface area contributed by atoms with Gasteiger partial charge in [0, 0.05) is 12.4 Å². The topological polar surface area (TPSA) is 99.2 Å². The number of rotatable bonds is 6. The molecule has 0 radical (unpaired) electrons. The van der Waals surface area contributed by atoms with Crippen molar-refractivity contribution in [3.63, 3.8) is 0 Å². The molecule has 0 aliphatic heterocycles. The highest BCUT2D eigenvalue weighted by molar-refractivity contribution is 7.16. The van der Waals surface area contributed by atoms with Gasteiger partial charge in [0.2, 0.25) is 0 Å². The zero-order chi connectivity index (χ0) is 19.9. The van der Waals surface area contributed by atoms with Gasteiger partial charge in [-0.15, -0.1) is 0 Å². The monoisotopic (exact) mass is 394 g/mol. The van der Waals surface area contributed by atoms with E-state index in [9.17, 15) is 9.59 Å². The summed E-state index contributed by atoms with van der Waals surface area (Å²) in [6.45, 7) is 2.06. The van der Waals surface area contributed by atoms with Crippen molar-refractivity contribution in [1.29, 1.82) is 0 Å². The van der Waals surface area contributed by atoms with E-state index in [4.69, 9.17) is 10.5 Å². The lowest BCUT2D eigenvalue weighted by molar-refractivity contribution is 0.0960. The summed E-state index contributed by atoms with van der Waals surface area (Å²) in [6, 6.07) is 10.5. The van der Waals surface area contributed by atoms with Gasteiger partial charge in [-0.3, -0.25) is 9.59 Å². The SMILES string of the molecule is Cc1nc(-n2cccc2)sc1C(=O)NCC#CCOc1ccccc1C(N)=O. The van der Waals surface area contributed by atoms with E-state index in [0.717, 1.165) is 5.13 Å². The molecule has 2 amide bonds. The normalized spacial score (nSPS) is 10.0. The second kappa shape index (κ2) is 8.88. The highest BCUT2D eigenvalue weighted by atomic mass is 32.1. The third-order valence-electron chi connectivity index (χ3n) is 3.73. The predicted molar refractivity (Wildman–Crippen MR) is 107 cm³/mol. The molecule has 0 unspecified atom stereocenters. The number of aromatic nitrogens is 2. The Balaban J connectivity index is 1.51. The Hall–Kier alpha value is -3.57. The molecule has 2 aromatic heterocycles. The van der Waals surface area contributed by atoms with Gasteiger partial charge >= 0.3 is 0 Å².